The van der Waals surface area contributed by atoms with Crippen LogP contribution in [-0.2, 0) is 0 Å². The lowest BCUT2D eigenvalue weighted by molar-refractivity contribution is -0.605. The molecule has 0 unspecified atom stereocenters. The summed E-state index contributed by atoms with van der Waals surface area (Å²) in [6, 6.07) is 9.52. The third kappa shape index (κ3) is 1.98. The average molecular weight is 216 g/mol. The van der Waals surface area contributed by atoms with Crippen LogP contribution in [0.3, 0.4) is 0 Å². The van der Waals surface area contributed by atoms with Crippen molar-refractivity contribution in [3.8, 4) is 11.1 Å². The molecule has 2 rings (SSSR count). The van der Waals surface area contributed by atoms with Crippen LogP contribution in [0.15, 0.2) is 48.8 Å². The predicted molar refractivity (Wildman–Crippen MR) is 57.5 cm³/mol. The van der Waals surface area contributed by atoms with E-state index in [-0.39, 0.29) is 5.69 Å². The van der Waals surface area contributed by atoms with E-state index in [1.54, 1.807) is 24.3 Å². The zero-order chi connectivity index (χ0) is 11.5. The number of hydrogen-bond acceptors (Lipinski definition) is 3. The molecule has 0 aliphatic carbocycles. The highest BCUT2D eigenvalue weighted by molar-refractivity contribution is 5.65. The fraction of sp³-hybridized carbons (Fsp3) is 0. The van der Waals surface area contributed by atoms with Crippen LogP contribution < -0.4 is 4.73 Å². The van der Waals surface area contributed by atoms with Gasteiger partial charge in [0.1, 0.15) is 0 Å². The molecule has 0 amide bonds. The zero-order valence-electron chi connectivity index (χ0n) is 8.24. The predicted octanol–water partition coefficient (Wildman–Crippen LogP) is 1.90. The van der Waals surface area contributed by atoms with Gasteiger partial charge in [-0.15, -0.1) is 0 Å². The van der Waals surface area contributed by atoms with Crippen molar-refractivity contribution in [2.75, 3.05) is 0 Å². The van der Waals surface area contributed by atoms with Gasteiger partial charge in [0, 0.05) is 24.3 Å². The summed E-state index contributed by atoms with van der Waals surface area (Å²) < 4.78 is 0.668. The van der Waals surface area contributed by atoms with Gasteiger partial charge in [0.15, 0.2) is 12.4 Å². The number of pyridine rings is 1. The molecule has 16 heavy (non-hydrogen) atoms. The minimum absolute atomic E-state index is 0.0383. The summed E-state index contributed by atoms with van der Waals surface area (Å²) in [4.78, 5) is 10.1. The van der Waals surface area contributed by atoms with Gasteiger partial charge in [-0.2, -0.15) is 4.73 Å². The molecule has 1 heterocycles. The fourth-order valence-corrected chi connectivity index (χ4v) is 1.40. The van der Waals surface area contributed by atoms with Gasteiger partial charge >= 0.3 is 0 Å². The molecular formula is C11H8N2O3. The third-order valence-electron chi connectivity index (χ3n) is 2.19. The van der Waals surface area contributed by atoms with E-state index >= 15 is 0 Å². The Balaban J connectivity index is 2.44. The van der Waals surface area contributed by atoms with E-state index in [9.17, 15) is 15.3 Å². The first-order valence-electron chi connectivity index (χ1n) is 4.60. The Morgan fingerprint density at radius 2 is 1.75 bits per heavy atom. The Labute approximate surface area is 91.3 Å². The Hall–Kier alpha value is -2.43. The van der Waals surface area contributed by atoms with Gasteiger partial charge in [-0.05, 0) is 11.1 Å². The summed E-state index contributed by atoms with van der Waals surface area (Å²) in [6.45, 7) is 0. The molecule has 2 aromatic rings. The molecule has 80 valence electrons. The third-order valence-corrected chi connectivity index (χ3v) is 2.19. The topological polar surface area (TPSA) is 70.1 Å². The molecular weight excluding hydrogens is 208 g/mol. The van der Waals surface area contributed by atoms with Crippen LogP contribution in [0.2, 0.25) is 0 Å². The Morgan fingerprint density at radius 3 is 2.38 bits per heavy atom. The first kappa shape index (κ1) is 10.1. The maximum Gasteiger partial charge on any atom is 0.270 e. The number of benzene rings is 1. The lowest BCUT2D eigenvalue weighted by atomic mass is 10.1. The van der Waals surface area contributed by atoms with Crippen LogP contribution in [-0.4, -0.2) is 4.92 Å². The standard InChI is InChI=1S/C11H8N2O3/c14-12-6-4-9(5-7-12)10-2-1-3-11(8-10)13(15)16/h1-8H. The number of rotatable bonds is 2. The smallest absolute Gasteiger partial charge is 0.270 e. The van der Waals surface area contributed by atoms with Crippen LogP contribution in [0.4, 0.5) is 5.69 Å². The number of non-ortho nitro benzene ring substituents is 1. The molecule has 0 fully saturated rings. The van der Waals surface area contributed by atoms with Crippen molar-refractivity contribution in [2.45, 2.75) is 0 Å². The van der Waals surface area contributed by atoms with E-state index in [2.05, 4.69) is 0 Å². The van der Waals surface area contributed by atoms with Gasteiger partial charge in [0.25, 0.3) is 5.69 Å². The van der Waals surface area contributed by atoms with Gasteiger partial charge in [-0.25, -0.2) is 0 Å². The maximum absolute atomic E-state index is 10.8. The van der Waals surface area contributed by atoms with Crippen LogP contribution in [0.1, 0.15) is 0 Å². The summed E-state index contributed by atoms with van der Waals surface area (Å²) >= 11 is 0. The molecule has 1 aromatic heterocycles. The summed E-state index contributed by atoms with van der Waals surface area (Å²) in [7, 11) is 0. The molecule has 0 radical (unpaired) electrons. The Bertz CT molecular complexity index is 523. The van der Waals surface area contributed by atoms with Gasteiger partial charge in [-0.3, -0.25) is 10.1 Å². The van der Waals surface area contributed by atoms with Crippen molar-refractivity contribution in [3.63, 3.8) is 0 Å². The van der Waals surface area contributed by atoms with Gasteiger partial charge < -0.3 is 5.21 Å². The summed E-state index contributed by atoms with van der Waals surface area (Å²) in [6.07, 6.45) is 2.71. The maximum atomic E-state index is 10.8. The Kier molecular flexibility index (Phi) is 2.51. The monoisotopic (exact) mass is 216 g/mol. The van der Waals surface area contributed by atoms with Crippen molar-refractivity contribution in [2.24, 2.45) is 0 Å². The summed E-state index contributed by atoms with van der Waals surface area (Å²) in [5.74, 6) is 0. The number of nitro groups is 1. The fourth-order valence-electron chi connectivity index (χ4n) is 1.40. The summed E-state index contributed by atoms with van der Waals surface area (Å²) in [5, 5.41) is 21.4. The largest absolute Gasteiger partial charge is 0.619 e. The van der Waals surface area contributed by atoms with Crippen LogP contribution in [0, 0.1) is 15.3 Å². The number of nitro benzene ring substituents is 1. The molecule has 5 nitrogen and oxygen atoms in total. The van der Waals surface area contributed by atoms with E-state index in [0.717, 1.165) is 11.1 Å². The highest BCUT2D eigenvalue weighted by atomic mass is 16.6. The Morgan fingerprint density at radius 1 is 1.06 bits per heavy atom. The van der Waals surface area contributed by atoms with E-state index in [4.69, 9.17) is 0 Å². The second-order valence-corrected chi connectivity index (χ2v) is 3.25. The minimum atomic E-state index is -0.444. The molecule has 0 spiro atoms. The second-order valence-electron chi connectivity index (χ2n) is 3.25. The molecule has 0 saturated carbocycles. The molecule has 1 aromatic carbocycles. The van der Waals surface area contributed by atoms with Gasteiger partial charge in [0.05, 0.1) is 4.92 Å². The van der Waals surface area contributed by atoms with Crippen LogP contribution >= 0.6 is 0 Å². The van der Waals surface area contributed by atoms with Crippen molar-refractivity contribution < 1.29 is 9.65 Å². The van der Waals surface area contributed by atoms with Crippen molar-refractivity contribution in [1.82, 2.24) is 0 Å². The number of aromatic nitrogens is 1. The van der Waals surface area contributed by atoms with Crippen molar-refractivity contribution in [3.05, 3.63) is 64.1 Å². The lowest BCUT2D eigenvalue weighted by Gasteiger charge is -2.01. The molecule has 0 N–H and O–H groups in total. The summed E-state index contributed by atoms with van der Waals surface area (Å²) in [5.41, 5.74) is 1.53. The van der Waals surface area contributed by atoms with E-state index < -0.39 is 4.92 Å². The molecule has 0 bridgehead atoms. The number of nitrogens with zero attached hydrogens (tertiary/aromatic N) is 2. The van der Waals surface area contributed by atoms with Crippen LogP contribution in [0.5, 0.6) is 0 Å². The first-order chi connectivity index (χ1) is 7.66. The van der Waals surface area contributed by atoms with E-state index in [0.29, 0.717) is 4.73 Å². The highest BCUT2D eigenvalue weighted by Crippen LogP contribution is 2.22. The quantitative estimate of drug-likeness (QED) is 0.333. The van der Waals surface area contributed by atoms with E-state index in [1.165, 1.54) is 24.5 Å². The van der Waals surface area contributed by atoms with Crippen LogP contribution in [0.25, 0.3) is 11.1 Å². The molecule has 0 aliphatic rings. The van der Waals surface area contributed by atoms with Gasteiger partial charge in [-0.1, -0.05) is 12.1 Å². The van der Waals surface area contributed by atoms with E-state index in [1.807, 2.05) is 0 Å². The minimum Gasteiger partial charge on any atom is -0.619 e. The average Bonchev–Trinajstić information content (AvgIpc) is 2.30. The highest BCUT2D eigenvalue weighted by Gasteiger charge is 2.07. The molecule has 5 heteroatoms. The van der Waals surface area contributed by atoms with Gasteiger partial charge in [0.2, 0.25) is 0 Å². The first-order valence-corrected chi connectivity index (χ1v) is 4.60. The number of hydrogen-bond donors (Lipinski definition) is 0. The molecule has 0 aliphatic heterocycles. The normalized spacial score (nSPS) is 10.0. The lowest BCUT2D eigenvalue weighted by Crippen LogP contribution is -2.23. The SMILES string of the molecule is O=[N+]([O-])c1cccc(-c2cc[n+]([O-])cc2)c1. The molecule has 0 atom stereocenters. The van der Waals surface area contributed by atoms with Crippen molar-refractivity contribution >= 4 is 5.69 Å². The second kappa shape index (κ2) is 3.98. The van der Waals surface area contributed by atoms with Crippen molar-refractivity contribution in [1.29, 1.82) is 0 Å². The zero-order valence-corrected chi connectivity index (χ0v) is 8.24. The molecule has 0 saturated heterocycles.